The molecule has 1 aromatic carbocycles. The highest BCUT2D eigenvalue weighted by Crippen LogP contribution is 2.19. The molecule has 1 heterocycles. The fourth-order valence-corrected chi connectivity index (χ4v) is 1.74. The molecular formula is C12H15N2O+. The summed E-state index contributed by atoms with van der Waals surface area (Å²) in [6.07, 6.45) is 3.30. The molecule has 15 heavy (non-hydrogen) atoms. The van der Waals surface area contributed by atoms with E-state index in [9.17, 15) is 5.11 Å². The summed E-state index contributed by atoms with van der Waals surface area (Å²) in [4.78, 5) is 0. The molecule has 3 nitrogen and oxygen atoms in total. The van der Waals surface area contributed by atoms with E-state index in [1.165, 1.54) is 0 Å². The quantitative estimate of drug-likeness (QED) is 0.723. The first-order chi connectivity index (χ1) is 7.18. The second-order valence-corrected chi connectivity index (χ2v) is 3.76. The summed E-state index contributed by atoms with van der Waals surface area (Å²) in [5.41, 5.74) is 1.81. The van der Waals surface area contributed by atoms with Crippen LogP contribution in [0.25, 0.3) is 0 Å². The van der Waals surface area contributed by atoms with Crippen LogP contribution in [0, 0.1) is 0 Å². The van der Waals surface area contributed by atoms with Gasteiger partial charge in [-0.2, -0.15) is 0 Å². The first-order valence-corrected chi connectivity index (χ1v) is 4.93. The summed E-state index contributed by atoms with van der Waals surface area (Å²) in [5.74, 6) is 0. The molecule has 2 aromatic rings. The second kappa shape index (κ2) is 3.87. The normalized spacial score (nSPS) is 12.7. The summed E-state index contributed by atoms with van der Waals surface area (Å²) in [6.45, 7) is 0. The van der Waals surface area contributed by atoms with Crippen molar-refractivity contribution in [3.05, 3.63) is 54.1 Å². The maximum absolute atomic E-state index is 10.2. The molecule has 0 bridgehead atoms. The highest BCUT2D eigenvalue weighted by molar-refractivity contribution is 5.23. The van der Waals surface area contributed by atoms with Crippen molar-refractivity contribution >= 4 is 0 Å². The van der Waals surface area contributed by atoms with E-state index in [2.05, 4.69) is 0 Å². The minimum Gasteiger partial charge on any atom is -0.380 e. The van der Waals surface area contributed by atoms with E-state index in [4.69, 9.17) is 0 Å². The highest BCUT2D eigenvalue weighted by Gasteiger charge is 2.19. The summed E-state index contributed by atoms with van der Waals surface area (Å²) in [5, 5.41) is 10.2. The van der Waals surface area contributed by atoms with Gasteiger partial charge in [-0.3, -0.25) is 0 Å². The Morgan fingerprint density at radius 2 is 1.93 bits per heavy atom. The standard InChI is InChI=1S/C12H15N2O/c1-13-8-11(14(2)9-13)12(15)10-6-4-3-5-7-10/h3-9,12,15H,1-2H3/q+1. The Kier molecular flexibility index (Phi) is 2.56. The molecule has 0 radical (unpaired) electrons. The number of rotatable bonds is 2. The lowest BCUT2D eigenvalue weighted by molar-refractivity contribution is -0.671. The van der Waals surface area contributed by atoms with Crippen molar-refractivity contribution in [1.82, 2.24) is 4.57 Å². The monoisotopic (exact) mass is 203 g/mol. The smallest absolute Gasteiger partial charge is 0.243 e. The molecule has 0 fully saturated rings. The van der Waals surface area contributed by atoms with Crippen LogP contribution in [0.2, 0.25) is 0 Å². The zero-order valence-corrected chi connectivity index (χ0v) is 8.96. The molecule has 0 spiro atoms. The Labute approximate surface area is 89.2 Å². The molecule has 0 amide bonds. The van der Waals surface area contributed by atoms with Crippen LogP contribution in [0.3, 0.4) is 0 Å². The Hall–Kier alpha value is -1.61. The van der Waals surface area contributed by atoms with Crippen LogP contribution < -0.4 is 4.57 Å². The number of aryl methyl sites for hydroxylation is 2. The lowest BCUT2D eigenvalue weighted by Crippen LogP contribution is -2.23. The fourth-order valence-electron chi connectivity index (χ4n) is 1.74. The molecule has 1 aromatic heterocycles. The van der Waals surface area contributed by atoms with E-state index in [1.807, 2.05) is 66.1 Å². The molecule has 0 saturated heterocycles. The van der Waals surface area contributed by atoms with Gasteiger partial charge in [0, 0.05) is 0 Å². The van der Waals surface area contributed by atoms with Crippen LogP contribution >= 0.6 is 0 Å². The van der Waals surface area contributed by atoms with Gasteiger partial charge in [0.15, 0.2) is 5.69 Å². The third-order valence-corrected chi connectivity index (χ3v) is 2.49. The topological polar surface area (TPSA) is 29.0 Å². The van der Waals surface area contributed by atoms with Crippen molar-refractivity contribution in [2.75, 3.05) is 0 Å². The van der Waals surface area contributed by atoms with E-state index in [0.29, 0.717) is 0 Å². The summed E-state index contributed by atoms with van der Waals surface area (Å²) < 4.78 is 3.86. The van der Waals surface area contributed by atoms with E-state index >= 15 is 0 Å². The van der Waals surface area contributed by atoms with Crippen LogP contribution in [0.1, 0.15) is 17.4 Å². The van der Waals surface area contributed by atoms with Gasteiger partial charge >= 0.3 is 0 Å². The van der Waals surface area contributed by atoms with Crippen LogP contribution in [-0.2, 0) is 14.1 Å². The molecule has 1 atom stereocenters. The first kappa shape index (κ1) is 9.93. The van der Waals surface area contributed by atoms with Crippen LogP contribution in [0.15, 0.2) is 42.9 Å². The zero-order valence-electron chi connectivity index (χ0n) is 8.96. The van der Waals surface area contributed by atoms with Crippen molar-refractivity contribution in [1.29, 1.82) is 0 Å². The number of aromatic nitrogens is 2. The van der Waals surface area contributed by atoms with E-state index in [-0.39, 0.29) is 0 Å². The van der Waals surface area contributed by atoms with Crippen molar-refractivity contribution < 1.29 is 9.67 Å². The molecule has 1 N–H and O–H groups in total. The molecule has 78 valence electrons. The molecule has 2 rings (SSSR count). The fraction of sp³-hybridized carbons (Fsp3) is 0.250. The van der Waals surface area contributed by atoms with E-state index < -0.39 is 6.10 Å². The molecule has 3 heteroatoms. The molecular weight excluding hydrogens is 188 g/mol. The number of hydrogen-bond acceptors (Lipinski definition) is 1. The third kappa shape index (κ3) is 1.92. The lowest BCUT2D eigenvalue weighted by atomic mass is 10.1. The van der Waals surface area contributed by atoms with Gasteiger partial charge < -0.3 is 5.11 Å². The largest absolute Gasteiger partial charge is 0.380 e. The van der Waals surface area contributed by atoms with Crippen LogP contribution in [-0.4, -0.2) is 9.67 Å². The van der Waals surface area contributed by atoms with Crippen LogP contribution in [0.4, 0.5) is 0 Å². The Morgan fingerprint density at radius 1 is 1.27 bits per heavy atom. The van der Waals surface area contributed by atoms with Crippen molar-refractivity contribution in [2.45, 2.75) is 6.10 Å². The number of benzene rings is 1. The van der Waals surface area contributed by atoms with Gasteiger partial charge in [-0.25, -0.2) is 9.13 Å². The van der Waals surface area contributed by atoms with Gasteiger partial charge in [-0.15, -0.1) is 0 Å². The SMILES string of the molecule is Cn1c[n+](C)cc1C(O)c1ccccc1. The van der Waals surface area contributed by atoms with Crippen molar-refractivity contribution in [3.63, 3.8) is 0 Å². The van der Waals surface area contributed by atoms with Gasteiger partial charge in [0.05, 0.1) is 14.1 Å². The average molecular weight is 203 g/mol. The minimum atomic E-state index is -0.558. The van der Waals surface area contributed by atoms with Gasteiger partial charge in [-0.1, -0.05) is 30.3 Å². The summed E-state index contributed by atoms with van der Waals surface area (Å²) in [7, 11) is 3.88. The number of aliphatic hydroxyl groups is 1. The Balaban J connectivity index is 2.36. The summed E-state index contributed by atoms with van der Waals surface area (Å²) in [6, 6.07) is 9.67. The molecule has 0 aliphatic carbocycles. The average Bonchev–Trinajstić information content (AvgIpc) is 2.58. The Bertz CT molecular complexity index is 448. The van der Waals surface area contributed by atoms with Crippen molar-refractivity contribution in [2.24, 2.45) is 14.1 Å². The Morgan fingerprint density at radius 3 is 2.47 bits per heavy atom. The minimum absolute atomic E-state index is 0.558. The number of aliphatic hydroxyl groups excluding tert-OH is 1. The maximum atomic E-state index is 10.2. The lowest BCUT2D eigenvalue weighted by Gasteiger charge is -2.06. The van der Waals surface area contributed by atoms with Gasteiger partial charge in [0.1, 0.15) is 12.3 Å². The maximum Gasteiger partial charge on any atom is 0.243 e. The predicted molar refractivity (Wildman–Crippen MR) is 57.1 cm³/mol. The van der Waals surface area contributed by atoms with E-state index in [0.717, 1.165) is 11.3 Å². The van der Waals surface area contributed by atoms with E-state index in [1.54, 1.807) is 0 Å². The third-order valence-electron chi connectivity index (χ3n) is 2.49. The number of hydrogen-bond donors (Lipinski definition) is 1. The second-order valence-electron chi connectivity index (χ2n) is 3.76. The molecule has 1 unspecified atom stereocenters. The van der Waals surface area contributed by atoms with Crippen molar-refractivity contribution in [3.8, 4) is 0 Å². The highest BCUT2D eigenvalue weighted by atomic mass is 16.3. The molecule has 0 saturated carbocycles. The molecule has 0 aliphatic rings. The zero-order chi connectivity index (χ0) is 10.8. The van der Waals surface area contributed by atoms with Crippen LogP contribution in [0.5, 0.6) is 0 Å². The summed E-state index contributed by atoms with van der Waals surface area (Å²) >= 11 is 0. The number of imidazole rings is 1. The van der Waals surface area contributed by atoms with Gasteiger partial charge in [-0.05, 0) is 5.56 Å². The predicted octanol–water partition coefficient (Wildman–Crippen LogP) is 0.931. The first-order valence-electron chi connectivity index (χ1n) is 4.93. The van der Waals surface area contributed by atoms with Gasteiger partial charge in [0.2, 0.25) is 6.33 Å². The molecule has 0 aliphatic heterocycles. The number of nitrogens with zero attached hydrogens (tertiary/aromatic N) is 2. The van der Waals surface area contributed by atoms with Gasteiger partial charge in [0.25, 0.3) is 0 Å².